The van der Waals surface area contributed by atoms with Crippen molar-refractivity contribution in [2.45, 2.75) is 32.6 Å². The molecule has 3 aromatic rings. The van der Waals surface area contributed by atoms with Gasteiger partial charge in [-0.05, 0) is 71.8 Å². The van der Waals surface area contributed by atoms with E-state index in [0.717, 1.165) is 51.0 Å². The van der Waals surface area contributed by atoms with Gasteiger partial charge in [0.25, 0.3) is 5.91 Å². The van der Waals surface area contributed by atoms with E-state index in [1.807, 2.05) is 41.1 Å². The van der Waals surface area contributed by atoms with Crippen LogP contribution in [0.4, 0.5) is 5.69 Å². The van der Waals surface area contributed by atoms with Crippen molar-refractivity contribution in [2.75, 3.05) is 17.5 Å². The van der Waals surface area contributed by atoms with Crippen LogP contribution in [0.1, 0.15) is 31.7 Å². The van der Waals surface area contributed by atoms with Gasteiger partial charge in [-0.2, -0.15) is 8.42 Å². The van der Waals surface area contributed by atoms with Crippen LogP contribution in [0, 0.1) is 0 Å². The fourth-order valence-electron chi connectivity index (χ4n) is 4.05. The Hall–Kier alpha value is -3.59. The average Bonchev–Trinajstić information content (AvgIpc) is 3.08. The fraction of sp³-hybridized carbons (Fsp3) is 0.280. The van der Waals surface area contributed by atoms with Crippen LogP contribution < -0.4 is 9.03 Å². The Morgan fingerprint density at radius 3 is 2.59 bits per heavy atom. The number of aryl methyl sites for hydroxylation is 1. The highest BCUT2D eigenvalue weighted by molar-refractivity contribution is 7.92. The van der Waals surface area contributed by atoms with Crippen molar-refractivity contribution >= 4 is 38.5 Å². The van der Waals surface area contributed by atoms with Crippen molar-refractivity contribution in [3.8, 4) is 16.9 Å². The lowest BCUT2D eigenvalue weighted by molar-refractivity contribution is -0.143. The summed E-state index contributed by atoms with van der Waals surface area (Å²) in [7, 11) is -4.02. The van der Waals surface area contributed by atoms with Crippen LogP contribution >= 0.6 is 0 Å². The minimum Gasteiger partial charge on any atom is -0.506 e. The summed E-state index contributed by atoms with van der Waals surface area (Å²) in [5.41, 5.74) is 3.15. The van der Waals surface area contributed by atoms with Crippen LogP contribution in [0.3, 0.4) is 0 Å². The monoisotopic (exact) mass is 482 g/mol. The van der Waals surface area contributed by atoms with Crippen LogP contribution in [0.2, 0.25) is 0 Å². The van der Waals surface area contributed by atoms with Gasteiger partial charge < -0.3 is 9.84 Å². The summed E-state index contributed by atoms with van der Waals surface area (Å²) in [6.07, 6.45) is 2.90. The Balaban J connectivity index is 1.56. The molecule has 9 heteroatoms. The maximum Gasteiger partial charge on any atom is 0.326 e. The number of phenolic OH excluding ortho intramolecular Hbond substituents is 1. The summed E-state index contributed by atoms with van der Waals surface area (Å²) in [6, 6.07) is 16.9. The number of ether oxygens (including phenoxy) is 1. The largest absolute Gasteiger partial charge is 0.506 e. The molecule has 34 heavy (non-hydrogen) atoms. The second-order valence-corrected chi connectivity index (χ2v) is 9.75. The predicted octanol–water partition coefficient (Wildman–Crippen LogP) is 3.67. The highest BCUT2D eigenvalue weighted by atomic mass is 32.2. The van der Waals surface area contributed by atoms with Gasteiger partial charge in [-0.1, -0.05) is 36.4 Å². The normalized spacial score (nSPS) is 14.9. The maximum absolute atomic E-state index is 12.2. The van der Waals surface area contributed by atoms with Gasteiger partial charge >= 0.3 is 16.2 Å². The lowest BCUT2D eigenvalue weighted by Gasteiger charge is -2.17. The summed E-state index contributed by atoms with van der Waals surface area (Å²) in [5.74, 6) is -1.03. The molecule has 1 aliphatic heterocycles. The molecule has 0 unspecified atom stereocenters. The molecule has 1 amide bonds. The van der Waals surface area contributed by atoms with Crippen LogP contribution in [0.25, 0.3) is 21.9 Å². The molecule has 1 saturated heterocycles. The van der Waals surface area contributed by atoms with Crippen molar-refractivity contribution in [3.63, 3.8) is 0 Å². The molecular weight excluding hydrogens is 456 g/mol. The second kappa shape index (κ2) is 9.72. The number of anilines is 1. The number of esters is 1. The number of benzene rings is 3. The van der Waals surface area contributed by atoms with E-state index in [4.69, 9.17) is 4.74 Å². The summed E-state index contributed by atoms with van der Waals surface area (Å²) in [5, 5.41) is 11.9. The molecule has 3 aromatic carbocycles. The average molecular weight is 483 g/mol. The first-order valence-electron chi connectivity index (χ1n) is 11.1. The van der Waals surface area contributed by atoms with Crippen molar-refractivity contribution in [1.29, 1.82) is 0 Å². The fourth-order valence-corrected chi connectivity index (χ4v) is 5.21. The number of nitrogens with one attached hydrogen (secondary N) is 1. The Morgan fingerprint density at radius 1 is 1.06 bits per heavy atom. The van der Waals surface area contributed by atoms with E-state index in [1.54, 1.807) is 13.0 Å². The molecule has 8 nitrogen and oxygen atoms in total. The van der Waals surface area contributed by atoms with Crippen LogP contribution in [-0.2, 0) is 31.0 Å². The van der Waals surface area contributed by atoms with Crippen molar-refractivity contribution in [3.05, 3.63) is 60.2 Å². The number of carbonyl (C=O) groups is 2. The molecule has 1 aliphatic rings. The first-order chi connectivity index (χ1) is 16.3. The molecule has 1 heterocycles. The molecule has 0 aromatic heterocycles. The molecule has 1 fully saturated rings. The predicted molar refractivity (Wildman–Crippen MR) is 130 cm³/mol. The third kappa shape index (κ3) is 5.14. The number of phenols is 1. The zero-order chi connectivity index (χ0) is 24.3. The molecule has 0 bridgehead atoms. The number of carbonyl (C=O) groups excluding carboxylic acids is 2. The summed E-state index contributed by atoms with van der Waals surface area (Å²) in [6.45, 7) is 1.82. The summed E-state index contributed by atoms with van der Waals surface area (Å²) in [4.78, 5) is 23.1. The second-order valence-electron chi connectivity index (χ2n) is 8.15. The molecule has 0 spiro atoms. The van der Waals surface area contributed by atoms with E-state index in [0.29, 0.717) is 13.0 Å². The molecule has 0 saturated carbocycles. The zero-order valence-electron chi connectivity index (χ0n) is 18.8. The van der Waals surface area contributed by atoms with E-state index in [1.165, 1.54) is 6.07 Å². The highest BCUT2D eigenvalue weighted by Crippen LogP contribution is 2.36. The van der Waals surface area contributed by atoms with Gasteiger partial charge in [-0.25, -0.2) is 9.03 Å². The molecule has 0 radical (unpaired) electrons. The van der Waals surface area contributed by atoms with Crippen molar-refractivity contribution < 1.29 is 27.9 Å². The lowest BCUT2D eigenvalue weighted by atomic mass is 9.97. The highest BCUT2D eigenvalue weighted by Gasteiger charge is 2.35. The van der Waals surface area contributed by atoms with Gasteiger partial charge in [0.15, 0.2) is 0 Å². The Kier molecular flexibility index (Phi) is 6.74. The van der Waals surface area contributed by atoms with Crippen LogP contribution in [-0.4, -0.2) is 38.6 Å². The van der Waals surface area contributed by atoms with E-state index < -0.39 is 16.1 Å². The van der Waals surface area contributed by atoms with E-state index >= 15 is 0 Å². The number of fused-ring (bicyclic) bond motifs is 1. The number of amides is 1. The molecular formula is C25H26N2O6S. The first kappa shape index (κ1) is 23.6. The SMILES string of the molecule is CCOC(=O)CCCCc1cccc(-c2ccc3cc(O)c(N4CC(=O)NS4(=O)=O)cc3c2)c1. The number of rotatable bonds is 8. The third-order valence-corrected chi connectivity index (χ3v) is 7.08. The Morgan fingerprint density at radius 2 is 1.85 bits per heavy atom. The molecule has 2 N–H and O–H groups in total. The lowest BCUT2D eigenvalue weighted by Crippen LogP contribution is -2.29. The van der Waals surface area contributed by atoms with Crippen LogP contribution in [0.15, 0.2) is 54.6 Å². The van der Waals surface area contributed by atoms with E-state index in [-0.39, 0.29) is 24.0 Å². The quantitative estimate of drug-likeness (QED) is 0.374. The smallest absolute Gasteiger partial charge is 0.326 e. The van der Waals surface area contributed by atoms with Gasteiger partial charge in [-0.3, -0.25) is 9.59 Å². The Labute approximate surface area is 198 Å². The molecule has 178 valence electrons. The number of nitrogens with zero attached hydrogens (tertiary/aromatic N) is 1. The van der Waals surface area contributed by atoms with Gasteiger partial charge in [0.2, 0.25) is 0 Å². The van der Waals surface area contributed by atoms with Crippen molar-refractivity contribution in [2.24, 2.45) is 0 Å². The number of aromatic hydroxyl groups is 1. The molecule has 0 aliphatic carbocycles. The maximum atomic E-state index is 12.2. The van der Waals surface area contributed by atoms with Crippen LogP contribution in [0.5, 0.6) is 5.75 Å². The first-order valence-corrected chi connectivity index (χ1v) is 12.6. The van der Waals surface area contributed by atoms with Crippen molar-refractivity contribution in [1.82, 2.24) is 4.72 Å². The standard InChI is InChI=1S/C25H26N2O6S/c1-2-33-25(30)9-4-3-6-17-7-5-8-18(12-17)19-10-11-20-15-23(28)22(14-21(20)13-19)27-16-24(29)26-34(27,31)32/h5,7-8,10-15,28H,2-4,6,9,16H2,1H3,(H,26,29). The van der Waals surface area contributed by atoms with E-state index in [2.05, 4.69) is 6.07 Å². The van der Waals surface area contributed by atoms with Gasteiger partial charge in [0.05, 0.1) is 12.3 Å². The number of hydrogen-bond acceptors (Lipinski definition) is 6. The minimum absolute atomic E-state index is 0.0540. The Bertz CT molecular complexity index is 1350. The number of unbranched alkanes of at least 4 members (excludes halogenated alkanes) is 1. The van der Waals surface area contributed by atoms with Gasteiger partial charge in [-0.15, -0.1) is 0 Å². The summed E-state index contributed by atoms with van der Waals surface area (Å²) >= 11 is 0. The zero-order valence-corrected chi connectivity index (χ0v) is 19.6. The third-order valence-electron chi connectivity index (χ3n) is 5.68. The number of hydrogen-bond donors (Lipinski definition) is 2. The summed E-state index contributed by atoms with van der Waals surface area (Å²) < 4.78 is 32.2. The molecule has 4 rings (SSSR count). The van der Waals surface area contributed by atoms with E-state index in [9.17, 15) is 23.1 Å². The van der Waals surface area contributed by atoms with Gasteiger partial charge in [0.1, 0.15) is 12.3 Å². The minimum atomic E-state index is -4.02. The van der Waals surface area contributed by atoms with Gasteiger partial charge in [0, 0.05) is 6.42 Å². The topological polar surface area (TPSA) is 113 Å². The molecule has 0 atom stereocenters.